The van der Waals surface area contributed by atoms with Crippen molar-refractivity contribution in [3.63, 3.8) is 0 Å². The molecule has 1 spiro atoms. The molecule has 154 valence electrons. The van der Waals surface area contributed by atoms with Gasteiger partial charge in [-0.1, -0.05) is 60.2 Å². The summed E-state index contributed by atoms with van der Waals surface area (Å²) in [5.41, 5.74) is 6.03. The molecule has 5 nitrogen and oxygen atoms in total. The Bertz CT molecular complexity index is 1220. The fourth-order valence-corrected chi connectivity index (χ4v) is 5.28. The smallest absolute Gasteiger partial charge is 0.234 e. The molecule has 0 unspecified atom stereocenters. The zero-order valence-corrected chi connectivity index (χ0v) is 18.4. The minimum Gasteiger partial charge on any atom is -0.292 e. The molecular formula is C25H22N4OS. The minimum atomic E-state index is -0.853. The van der Waals surface area contributed by atoms with E-state index < -0.39 is 4.99 Å². The van der Waals surface area contributed by atoms with Gasteiger partial charge in [-0.05, 0) is 49.9 Å². The molecule has 6 heteroatoms. The van der Waals surface area contributed by atoms with Gasteiger partial charge in [0.1, 0.15) is 0 Å². The van der Waals surface area contributed by atoms with E-state index in [9.17, 15) is 4.79 Å². The fourth-order valence-electron chi connectivity index (χ4n) is 3.99. The third-order valence-electron chi connectivity index (χ3n) is 5.50. The lowest BCUT2D eigenvalue weighted by atomic mass is 9.98. The van der Waals surface area contributed by atoms with Gasteiger partial charge in [-0.3, -0.25) is 4.79 Å². The Balaban J connectivity index is 1.81. The number of thioether (sulfide) groups is 1. The molecule has 0 aromatic heterocycles. The van der Waals surface area contributed by atoms with E-state index in [1.165, 1.54) is 17.3 Å². The van der Waals surface area contributed by atoms with Crippen LogP contribution in [0.1, 0.15) is 30.5 Å². The van der Waals surface area contributed by atoms with Crippen molar-refractivity contribution in [3.05, 3.63) is 95.6 Å². The Labute approximate surface area is 186 Å². The number of carbonyl (C=O) groups is 1. The van der Waals surface area contributed by atoms with Gasteiger partial charge in [0.05, 0.1) is 17.1 Å². The number of para-hydroxylation sites is 1. The zero-order chi connectivity index (χ0) is 21.6. The first kappa shape index (κ1) is 19.6. The third-order valence-corrected chi connectivity index (χ3v) is 6.92. The molecule has 0 N–H and O–H groups in total. The topological polar surface area (TPSA) is 48.3 Å². The first-order chi connectivity index (χ1) is 15.0. The second-order valence-corrected chi connectivity index (χ2v) is 8.86. The molecule has 0 amide bonds. The highest BCUT2D eigenvalue weighted by atomic mass is 32.2. The monoisotopic (exact) mass is 426 g/mol. The quantitative estimate of drug-likeness (QED) is 0.554. The van der Waals surface area contributed by atoms with Crippen LogP contribution in [-0.2, 0) is 9.79 Å². The summed E-state index contributed by atoms with van der Waals surface area (Å²) in [4.78, 5) is 11.6. The molecule has 0 fully saturated rings. The molecule has 3 aromatic rings. The molecule has 1 atom stereocenters. The zero-order valence-electron chi connectivity index (χ0n) is 17.6. The van der Waals surface area contributed by atoms with Crippen LogP contribution >= 0.6 is 11.8 Å². The highest BCUT2D eigenvalue weighted by molar-refractivity contribution is 8.17. The van der Waals surface area contributed by atoms with Crippen molar-refractivity contribution in [1.29, 1.82) is 0 Å². The van der Waals surface area contributed by atoms with Gasteiger partial charge in [0, 0.05) is 18.1 Å². The van der Waals surface area contributed by atoms with Crippen LogP contribution in [0.2, 0.25) is 0 Å². The summed E-state index contributed by atoms with van der Waals surface area (Å²) in [5.74, 6) is -0.0595. The highest BCUT2D eigenvalue weighted by Gasteiger charge is 2.55. The molecule has 0 bridgehead atoms. The summed E-state index contributed by atoms with van der Waals surface area (Å²) in [6.07, 6.45) is 0. The van der Waals surface area contributed by atoms with E-state index in [1.807, 2.05) is 71.5 Å². The van der Waals surface area contributed by atoms with Crippen molar-refractivity contribution in [2.24, 2.45) is 10.2 Å². The van der Waals surface area contributed by atoms with Crippen LogP contribution in [0.3, 0.4) is 0 Å². The Morgan fingerprint density at radius 1 is 0.806 bits per heavy atom. The van der Waals surface area contributed by atoms with Crippen LogP contribution in [-0.4, -0.2) is 16.5 Å². The van der Waals surface area contributed by atoms with Crippen LogP contribution in [0.15, 0.2) is 89.1 Å². The van der Waals surface area contributed by atoms with Crippen molar-refractivity contribution in [1.82, 2.24) is 0 Å². The van der Waals surface area contributed by atoms with Gasteiger partial charge in [0.2, 0.25) is 4.99 Å². The van der Waals surface area contributed by atoms with Crippen molar-refractivity contribution >= 4 is 39.7 Å². The van der Waals surface area contributed by atoms with Crippen molar-refractivity contribution in [2.45, 2.75) is 25.8 Å². The van der Waals surface area contributed by atoms with E-state index in [0.29, 0.717) is 5.04 Å². The summed E-state index contributed by atoms with van der Waals surface area (Å²) >= 11 is 1.44. The second kappa shape index (κ2) is 7.39. The predicted octanol–water partition coefficient (Wildman–Crippen LogP) is 5.51. The molecule has 0 saturated heterocycles. The summed E-state index contributed by atoms with van der Waals surface area (Å²) in [5, 5.41) is 14.2. The Kier molecular flexibility index (Phi) is 4.67. The van der Waals surface area contributed by atoms with Gasteiger partial charge in [0.15, 0.2) is 10.8 Å². The fraction of sp³-hybridized carbons (Fsp3) is 0.160. The number of nitrogens with zero attached hydrogens (tertiary/aromatic N) is 4. The summed E-state index contributed by atoms with van der Waals surface area (Å²) < 4.78 is 0. The normalized spacial score (nSPS) is 19.8. The molecule has 2 aliphatic rings. The predicted molar refractivity (Wildman–Crippen MR) is 129 cm³/mol. The molecule has 31 heavy (non-hydrogen) atoms. The van der Waals surface area contributed by atoms with Crippen molar-refractivity contribution < 1.29 is 4.79 Å². The number of anilines is 2. The van der Waals surface area contributed by atoms with Gasteiger partial charge in [0.25, 0.3) is 0 Å². The maximum Gasteiger partial charge on any atom is 0.234 e. The molecule has 2 aliphatic heterocycles. The van der Waals surface area contributed by atoms with Crippen LogP contribution in [0.25, 0.3) is 0 Å². The first-order valence-corrected chi connectivity index (χ1v) is 11.0. The van der Waals surface area contributed by atoms with Crippen LogP contribution in [0.5, 0.6) is 0 Å². The number of ketones is 1. The molecule has 0 saturated carbocycles. The number of fused-ring (bicyclic) bond motifs is 2. The third kappa shape index (κ3) is 3.06. The molecule has 0 aliphatic carbocycles. The van der Waals surface area contributed by atoms with E-state index in [1.54, 1.807) is 6.92 Å². The van der Waals surface area contributed by atoms with Gasteiger partial charge >= 0.3 is 0 Å². The lowest BCUT2D eigenvalue weighted by molar-refractivity contribution is -0.110. The van der Waals surface area contributed by atoms with E-state index >= 15 is 0 Å². The average Bonchev–Trinajstić information content (AvgIpc) is 3.19. The van der Waals surface area contributed by atoms with Gasteiger partial charge in [-0.25, -0.2) is 10.0 Å². The van der Waals surface area contributed by atoms with Crippen LogP contribution in [0.4, 0.5) is 11.4 Å². The van der Waals surface area contributed by atoms with Gasteiger partial charge in [-0.2, -0.15) is 10.2 Å². The van der Waals surface area contributed by atoms with Crippen molar-refractivity contribution in [3.8, 4) is 0 Å². The lowest BCUT2D eigenvalue weighted by Gasteiger charge is -2.46. The number of Topliss-reactive ketones (excluding diaryl/α,β-unsaturated/α-hetero) is 1. The Morgan fingerprint density at radius 3 is 2.13 bits per heavy atom. The Hall–Kier alpha value is -3.38. The van der Waals surface area contributed by atoms with E-state index in [4.69, 9.17) is 10.2 Å². The number of aryl methyl sites for hydroxylation is 1. The molecule has 2 heterocycles. The maximum absolute atomic E-state index is 12.5. The molecule has 0 radical (unpaired) electrons. The molecule has 5 rings (SSSR count). The number of hydrazone groups is 2. The summed E-state index contributed by atoms with van der Waals surface area (Å²) in [6.45, 7) is 5.64. The number of hydrogen-bond donors (Lipinski definition) is 0. The second-order valence-electron chi connectivity index (χ2n) is 7.70. The minimum absolute atomic E-state index is 0.0595. The molecular weight excluding hydrogens is 404 g/mol. The van der Waals surface area contributed by atoms with E-state index in [0.717, 1.165) is 28.2 Å². The maximum atomic E-state index is 12.5. The average molecular weight is 427 g/mol. The standard InChI is InChI=1S/C25H22N4OS/c1-17-13-15-21(16-14-17)29-25(31-24(27-29)19(3)30)23-12-8-7-11-22(23)18(2)26-28(25)20-9-5-4-6-10-20/h4-16H,1-3H3/t25-/m1/s1. The highest BCUT2D eigenvalue weighted by Crippen LogP contribution is 2.54. The lowest BCUT2D eigenvalue weighted by Crippen LogP contribution is -2.53. The first-order valence-electron chi connectivity index (χ1n) is 10.2. The number of benzene rings is 3. The van der Waals surface area contributed by atoms with E-state index in [2.05, 4.69) is 31.2 Å². The molecule has 3 aromatic carbocycles. The largest absolute Gasteiger partial charge is 0.292 e. The van der Waals surface area contributed by atoms with E-state index in [-0.39, 0.29) is 5.78 Å². The van der Waals surface area contributed by atoms with Gasteiger partial charge in [-0.15, -0.1) is 0 Å². The van der Waals surface area contributed by atoms with Crippen LogP contribution < -0.4 is 10.0 Å². The number of carbonyl (C=O) groups excluding carboxylic acids is 1. The van der Waals surface area contributed by atoms with Gasteiger partial charge < -0.3 is 0 Å². The summed E-state index contributed by atoms with van der Waals surface area (Å²) in [7, 11) is 0. The number of hydrogen-bond acceptors (Lipinski definition) is 6. The van der Waals surface area contributed by atoms with Crippen molar-refractivity contribution in [2.75, 3.05) is 10.0 Å². The Morgan fingerprint density at radius 2 is 1.42 bits per heavy atom. The van der Waals surface area contributed by atoms with Crippen LogP contribution in [0, 0.1) is 6.92 Å². The number of rotatable bonds is 3. The SMILES string of the molecule is CC(=O)C1=NN(c2ccc(C)cc2)[C@@]2(S1)c1ccccc1C(C)=NN2c1ccccc1. The summed E-state index contributed by atoms with van der Waals surface area (Å²) in [6, 6.07) is 26.5.